The molecule has 0 aliphatic heterocycles. The first-order valence-electron chi connectivity index (χ1n) is 6.66. The number of ether oxygens (including phenoxy) is 3. The summed E-state index contributed by atoms with van der Waals surface area (Å²) in [6.07, 6.45) is 1.60. The summed E-state index contributed by atoms with van der Waals surface area (Å²) in [6, 6.07) is 11.4. The second kappa shape index (κ2) is 5.89. The molecule has 0 unspecified atom stereocenters. The minimum Gasteiger partial charge on any atom is -0.493 e. The van der Waals surface area contributed by atoms with Crippen molar-refractivity contribution in [3.05, 3.63) is 54.5 Å². The maximum absolute atomic E-state index is 13.8. The summed E-state index contributed by atoms with van der Waals surface area (Å²) in [5.41, 5.74) is 0.673. The molecule has 112 valence electrons. The van der Waals surface area contributed by atoms with Crippen molar-refractivity contribution in [3.63, 3.8) is 0 Å². The molecule has 5 heteroatoms. The number of para-hydroxylation sites is 1. The second-order valence-electron chi connectivity index (χ2n) is 4.57. The van der Waals surface area contributed by atoms with Gasteiger partial charge in [0.15, 0.2) is 23.1 Å². The lowest BCUT2D eigenvalue weighted by molar-refractivity contribution is 0.355. The lowest BCUT2D eigenvalue weighted by atomic mass is 10.2. The highest BCUT2D eigenvalue weighted by Crippen LogP contribution is 2.37. The van der Waals surface area contributed by atoms with Crippen LogP contribution >= 0.6 is 0 Å². The number of aromatic nitrogens is 1. The van der Waals surface area contributed by atoms with Crippen LogP contribution in [-0.2, 0) is 0 Å². The lowest BCUT2D eigenvalue weighted by Crippen LogP contribution is -1.94. The van der Waals surface area contributed by atoms with E-state index in [2.05, 4.69) is 4.98 Å². The highest BCUT2D eigenvalue weighted by Gasteiger charge is 2.12. The molecule has 0 N–H and O–H groups in total. The van der Waals surface area contributed by atoms with Crippen molar-refractivity contribution in [1.29, 1.82) is 0 Å². The summed E-state index contributed by atoms with van der Waals surface area (Å²) in [6.45, 7) is 0. The zero-order valence-corrected chi connectivity index (χ0v) is 12.2. The molecule has 3 aromatic rings. The molecular formula is C17H14FNO3. The fourth-order valence-electron chi connectivity index (χ4n) is 2.18. The van der Waals surface area contributed by atoms with Gasteiger partial charge in [0.1, 0.15) is 5.75 Å². The van der Waals surface area contributed by atoms with Gasteiger partial charge < -0.3 is 14.2 Å². The normalized spacial score (nSPS) is 10.5. The molecule has 0 saturated heterocycles. The van der Waals surface area contributed by atoms with E-state index in [1.54, 1.807) is 56.8 Å². The first kappa shape index (κ1) is 14.1. The van der Waals surface area contributed by atoms with Crippen LogP contribution in [0, 0.1) is 5.82 Å². The summed E-state index contributed by atoms with van der Waals surface area (Å²) >= 11 is 0. The summed E-state index contributed by atoms with van der Waals surface area (Å²) in [4.78, 5) is 4.28. The highest BCUT2D eigenvalue weighted by molar-refractivity contribution is 5.88. The smallest absolute Gasteiger partial charge is 0.165 e. The third-order valence-electron chi connectivity index (χ3n) is 3.26. The molecule has 0 radical (unpaired) electrons. The quantitative estimate of drug-likeness (QED) is 0.724. The molecule has 2 aromatic carbocycles. The van der Waals surface area contributed by atoms with E-state index in [0.717, 1.165) is 0 Å². The largest absolute Gasteiger partial charge is 0.493 e. The number of nitrogens with zero attached hydrogens (tertiary/aromatic N) is 1. The molecule has 3 rings (SSSR count). The van der Waals surface area contributed by atoms with E-state index in [0.29, 0.717) is 28.2 Å². The number of hydrogen-bond donors (Lipinski definition) is 0. The summed E-state index contributed by atoms with van der Waals surface area (Å²) < 4.78 is 30.0. The Kier molecular flexibility index (Phi) is 3.78. The molecule has 1 heterocycles. The number of fused-ring (bicyclic) bond motifs is 1. The summed E-state index contributed by atoms with van der Waals surface area (Å²) in [7, 11) is 3.11. The van der Waals surface area contributed by atoms with Gasteiger partial charge in [-0.25, -0.2) is 4.39 Å². The van der Waals surface area contributed by atoms with Gasteiger partial charge in [-0.15, -0.1) is 0 Å². The van der Waals surface area contributed by atoms with E-state index in [-0.39, 0.29) is 5.75 Å². The third kappa shape index (κ3) is 2.53. The van der Waals surface area contributed by atoms with E-state index in [1.165, 1.54) is 6.07 Å². The van der Waals surface area contributed by atoms with Crippen LogP contribution in [-0.4, -0.2) is 19.2 Å². The minimum absolute atomic E-state index is 0.157. The van der Waals surface area contributed by atoms with Crippen LogP contribution in [0.3, 0.4) is 0 Å². The van der Waals surface area contributed by atoms with Crippen molar-refractivity contribution in [2.24, 2.45) is 0 Å². The van der Waals surface area contributed by atoms with Gasteiger partial charge in [0.2, 0.25) is 0 Å². The van der Waals surface area contributed by atoms with Crippen LogP contribution in [0.4, 0.5) is 4.39 Å². The van der Waals surface area contributed by atoms with Gasteiger partial charge in [-0.05, 0) is 24.3 Å². The molecule has 0 atom stereocenters. The Hall–Kier alpha value is -2.82. The van der Waals surface area contributed by atoms with Crippen LogP contribution < -0.4 is 14.2 Å². The number of halogens is 1. The fraction of sp³-hybridized carbons (Fsp3) is 0.118. The Morgan fingerprint density at radius 1 is 0.864 bits per heavy atom. The zero-order valence-electron chi connectivity index (χ0n) is 12.2. The van der Waals surface area contributed by atoms with Crippen LogP contribution in [0.5, 0.6) is 23.0 Å². The van der Waals surface area contributed by atoms with Crippen LogP contribution in [0.2, 0.25) is 0 Å². The van der Waals surface area contributed by atoms with Crippen LogP contribution in [0.1, 0.15) is 0 Å². The van der Waals surface area contributed by atoms with Gasteiger partial charge in [-0.1, -0.05) is 12.1 Å². The Bertz CT molecular complexity index is 820. The Balaban J connectivity index is 2.12. The average Bonchev–Trinajstić information content (AvgIpc) is 2.56. The van der Waals surface area contributed by atoms with Gasteiger partial charge in [0.05, 0.1) is 19.7 Å². The van der Waals surface area contributed by atoms with Crippen LogP contribution in [0.25, 0.3) is 10.9 Å². The van der Waals surface area contributed by atoms with E-state index < -0.39 is 5.82 Å². The molecule has 0 bridgehead atoms. The molecule has 0 saturated carbocycles. The third-order valence-corrected chi connectivity index (χ3v) is 3.26. The minimum atomic E-state index is -0.423. The van der Waals surface area contributed by atoms with E-state index in [9.17, 15) is 4.39 Å². The van der Waals surface area contributed by atoms with Gasteiger partial charge in [0, 0.05) is 17.6 Å². The monoisotopic (exact) mass is 299 g/mol. The van der Waals surface area contributed by atoms with E-state index >= 15 is 0 Å². The molecule has 0 aliphatic rings. The van der Waals surface area contributed by atoms with Crippen molar-refractivity contribution in [1.82, 2.24) is 4.98 Å². The van der Waals surface area contributed by atoms with Gasteiger partial charge in [0.25, 0.3) is 0 Å². The molecule has 4 nitrogen and oxygen atoms in total. The van der Waals surface area contributed by atoms with Gasteiger partial charge >= 0.3 is 0 Å². The maximum atomic E-state index is 13.8. The SMILES string of the molecule is COc1cc2nccc(Oc3ccccc3F)c2cc1OC. The topological polar surface area (TPSA) is 40.6 Å². The molecule has 22 heavy (non-hydrogen) atoms. The molecule has 1 aromatic heterocycles. The maximum Gasteiger partial charge on any atom is 0.165 e. The number of methoxy groups -OCH3 is 2. The van der Waals surface area contributed by atoms with Gasteiger partial charge in [-0.2, -0.15) is 0 Å². The molecule has 0 aliphatic carbocycles. The fourth-order valence-corrected chi connectivity index (χ4v) is 2.18. The van der Waals surface area contributed by atoms with Crippen molar-refractivity contribution >= 4 is 10.9 Å². The molecule has 0 amide bonds. The Morgan fingerprint density at radius 3 is 2.32 bits per heavy atom. The van der Waals surface area contributed by atoms with Crippen molar-refractivity contribution in [2.45, 2.75) is 0 Å². The number of rotatable bonds is 4. The standard InChI is InChI=1S/C17H14FNO3/c1-20-16-9-11-13(10-17(16)21-2)19-8-7-14(11)22-15-6-4-3-5-12(15)18/h3-10H,1-2H3. The summed E-state index contributed by atoms with van der Waals surface area (Å²) in [5.74, 6) is 1.36. The van der Waals surface area contributed by atoms with Gasteiger partial charge in [-0.3, -0.25) is 4.98 Å². The number of pyridine rings is 1. The second-order valence-corrected chi connectivity index (χ2v) is 4.57. The molecule has 0 fully saturated rings. The highest BCUT2D eigenvalue weighted by atomic mass is 19.1. The van der Waals surface area contributed by atoms with E-state index in [1.807, 2.05) is 0 Å². The Morgan fingerprint density at radius 2 is 1.59 bits per heavy atom. The first-order chi connectivity index (χ1) is 10.7. The predicted octanol–water partition coefficient (Wildman–Crippen LogP) is 4.18. The number of benzene rings is 2. The zero-order chi connectivity index (χ0) is 15.5. The van der Waals surface area contributed by atoms with Crippen molar-refractivity contribution < 1.29 is 18.6 Å². The summed E-state index contributed by atoms with van der Waals surface area (Å²) in [5, 5.41) is 0.711. The van der Waals surface area contributed by atoms with Crippen molar-refractivity contribution in [2.75, 3.05) is 14.2 Å². The van der Waals surface area contributed by atoms with Crippen molar-refractivity contribution in [3.8, 4) is 23.0 Å². The van der Waals surface area contributed by atoms with E-state index in [4.69, 9.17) is 14.2 Å². The molecule has 0 spiro atoms. The predicted molar refractivity (Wildman–Crippen MR) is 81.3 cm³/mol. The first-order valence-corrected chi connectivity index (χ1v) is 6.66. The number of hydrogen-bond acceptors (Lipinski definition) is 4. The molecular weight excluding hydrogens is 285 g/mol. The van der Waals surface area contributed by atoms with Crippen LogP contribution in [0.15, 0.2) is 48.7 Å². The average molecular weight is 299 g/mol. The lowest BCUT2D eigenvalue weighted by Gasteiger charge is -2.12. The Labute approximate surface area is 127 Å².